The Morgan fingerprint density at radius 2 is 1.17 bits per heavy atom. The van der Waals surface area contributed by atoms with Gasteiger partial charge in [-0.2, -0.15) is 0 Å². The molecule has 0 nitrogen and oxygen atoms in total. The molecule has 0 amide bonds. The van der Waals surface area contributed by atoms with Crippen LogP contribution in [0.2, 0.25) is 0 Å². The molecule has 0 spiro atoms. The van der Waals surface area contributed by atoms with Crippen LogP contribution in [0.15, 0.2) is 0 Å². The molecule has 0 atom stereocenters. The molecule has 0 rings (SSSR count). The van der Waals surface area contributed by atoms with E-state index in [2.05, 4.69) is 6.92 Å². The molecule has 0 heterocycles. The average molecular weight is 140 g/mol. The van der Waals surface area contributed by atoms with E-state index in [4.69, 9.17) is 34.8 Å². The van der Waals surface area contributed by atoms with Crippen LogP contribution in [0.25, 0.3) is 0 Å². The first-order valence-electron chi connectivity index (χ1n) is 0.921. The first-order chi connectivity index (χ1) is 2.00. The molecule has 0 unspecified atom stereocenters. The Kier molecular flexibility index (Phi) is 6.04. The Morgan fingerprint density at radius 3 is 1.17 bits per heavy atom. The third kappa shape index (κ3) is 50.7. The minimum absolute atomic E-state index is 0. The van der Waals surface area contributed by atoms with Crippen LogP contribution in [0, 0.1) is 6.92 Å². The molecule has 33 valence electrons. The third-order valence-corrected chi connectivity index (χ3v) is 0. The van der Waals surface area contributed by atoms with E-state index in [0.29, 0.717) is 0 Å². The van der Waals surface area contributed by atoms with Crippen LogP contribution in [0.3, 0.4) is 0 Å². The molecule has 0 aliphatic carbocycles. The van der Waals surface area contributed by atoms with Gasteiger partial charge in [-0.25, -0.2) is 0 Å². The Bertz CT molecular complexity index is 24.3. The van der Waals surface area contributed by atoms with Gasteiger partial charge in [-0.1, -0.05) is 34.8 Å². The van der Waals surface area contributed by atoms with Crippen molar-refractivity contribution in [1.29, 1.82) is 0 Å². The SMILES string of the molecule is [CH2]C(Cl)(Cl)Cl.[LiH]. The van der Waals surface area contributed by atoms with Crippen LogP contribution in [0.5, 0.6) is 0 Å². The summed E-state index contributed by atoms with van der Waals surface area (Å²) >= 11 is 14.8. The summed E-state index contributed by atoms with van der Waals surface area (Å²) < 4.78 is -1.33. The number of alkyl halides is 3. The van der Waals surface area contributed by atoms with Crippen molar-refractivity contribution in [3.8, 4) is 0 Å². The van der Waals surface area contributed by atoms with Crippen molar-refractivity contribution in [2.75, 3.05) is 0 Å². The van der Waals surface area contributed by atoms with E-state index < -0.39 is 3.79 Å². The average Bonchev–Trinajstić information content (AvgIpc) is 0.722. The standard InChI is InChI=1S/C2H2Cl3.Li.H/c1-2(3,4)5;;/h1H2;;. The normalized spacial score (nSPS) is 10.0. The van der Waals surface area contributed by atoms with Gasteiger partial charge in [0, 0.05) is 0 Å². The van der Waals surface area contributed by atoms with Gasteiger partial charge in [0.2, 0.25) is 0 Å². The van der Waals surface area contributed by atoms with Crippen molar-refractivity contribution in [3.05, 3.63) is 6.92 Å². The van der Waals surface area contributed by atoms with Gasteiger partial charge in [0.25, 0.3) is 0 Å². The quantitative estimate of drug-likeness (QED) is 0.354. The monoisotopic (exact) mass is 139 g/mol. The summed E-state index contributed by atoms with van der Waals surface area (Å²) in [6, 6.07) is 0. The van der Waals surface area contributed by atoms with E-state index in [-0.39, 0.29) is 18.9 Å². The van der Waals surface area contributed by atoms with E-state index in [1.165, 1.54) is 0 Å². The Labute approximate surface area is 64.3 Å². The van der Waals surface area contributed by atoms with E-state index >= 15 is 0 Å². The molecule has 6 heavy (non-hydrogen) atoms. The van der Waals surface area contributed by atoms with Crippen molar-refractivity contribution in [3.63, 3.8) is 0 Å². The van der Waals surface area contributed by atoms with Gasteiger partial charge in [-0.3, -0.25) is 0 Å². The first-order valence-corrected chi connectivity index (χ1v) is 2.05. The van der Waals surface area contributed by atoms with Crippen molar-refractivity contribution in [1.82, 2.24) is 0 Å². The van der Waals surface area contributed by atoms with Crippen LogP contribution in [-0.2, 0) is 0 Å². The molecule has 0 aromatic carbocycles. The van der Waals surface area contributed by atoms with Gasteiger partial charge in [0.05, 0.1) is 0 Å². The fraction of sp³-hybridized carbons (Fsp3) is 0.500. The second-order valence-corrected chi connectivity index (χ2v) is 3.13. The van der Waals surface area contributed by atoms with Crippen LogP contribution in [0.4, 0.5) is 0 Å². The predicted octanol–water partition coefficient (Wildman–Crippen LogP) is 1.54. The second kappa shape index (κ2) is 3.47. The molecule has 0 saturated carbocycles. The van der Waals surface area contributed by atoms with E-state index in [1.807, 2.05) is 0 Å². The summed E-state index contributed by atoms with van der Waals surface area (Å²) in [5.41, 5.74) is 0. The van der Waals surface area contributed by atoms with Gasteiger partial charge in [0.1, 0.15) is 0 Å². The summed E-state index contributed by atoms with van der Waals surface area (Å²) in [7, 11) is 0. The molecule has 0 saturated heterocycles. The van der Waals surface area contributed by atoms with E-state index in [0.717, 1.165) is 0 Å². The summed E-state index contributed by atoms with van der Waals surface area (Å²) in [4.78, 5) is 0. The predicted molar refractivity (Wildman–Crippen MR) is 32.8 cm³/mol. The van der Waals surface area contributed by atoms with Crippen molar-refractivity contribution in [2.24, 2.45) is 0 Å². The molecular weight excluding hydrogens is 137 g/mol. The fourth-order valence-corrected chi connectivity index (χ4v) is 0. The van der Waals surface area contributed by atoms with Gasteiger partial charge in [-0.15, -0.1) is 0 Å². The molecule has 0 fully saturated rings. The Hall–Kier alpha value is 1.47. The van der Waals surface area contributed by atoms with E-state index in [1.54, 1.807) is 0 Å². The van der Waals surface area contributed by atoms with Crippen molar-refractivity contribution >= 4 is 53.7 Å². The second-order valence-electron chi connectivity index (χ2n) is 0.615. The zero-order chi connectivity index (χ0) is 4.50. The molecular formula is C2H3Cl3Li. The molecule has 0 aromatic rings. The van der Waals surface area contributed by atoms with Crippen LogP contribution in [-0.4, -0.2) is 22.7 Å². The third-order valence-electron chi connectivity index (χ3n) is 0. The van der Waals surface area contributed by atoms with Gasteiger partial charge in [-0.05, 0) is 6.92 Å². The fourth-order valence-electron chi connectivity index (χ4n) is 0. The van der Waals surface area contributed by atoms with E-state index in [9.17, 15) is 0 Å². The Morgan fingerprint density at radius 1 is 1.17 bits per heavy atom. The topological polar surface area (TPSA) is 0 Å². The molecule has 4 heteroatoms. The van der Waals surface area contributed by atoms with Crippen LogP contribution >= 0.6 is 34.8 Å². The summed E-state index contributed by atoms with van der Waals surface area (Å²) in [5, 5.41) is 0. The molecule has 0 N–H and O–H groups in total. The zero-order valence-electron chi connectivity index (χ0n) is 2.34. The van der Waals surface area contributed by atoms with Crippen LogP contribution < -0.4 is 0 Å². The first kappa shape index (κ1) is 10.4. The molecule has 1 radical (unpaired) electrons. The molecule has 0 aliphatic rings. The molecule has 0 aromatic heterocycles. The number of rotatable bonds is 0. The minimum atomic E-state index is -1.33. The Balaban J connectivity index is 0. The summed E-state index contributed by atoms with van der Waals surface area (Å²) in [5.74, 6) is 0. The summed E-state index contributed by atoms with van der Waals surface area (Å²) in [6.45, 7) is 3.07. The maximum atomic E-state index is 4.95. The molecule has 0 aliphatic heterocycles. The van der Waals surface area contributed by atoms with Gasteiger partial charge >= 0.3 is 18.9 Å². The van der Waals surface area contributed by atoms with Crippen LogP contribution in [0.1, 0.15) is 0 Å². The van der Waals surface area contributed by atoms with Gasteiger partial charge in [0.15, 0.2) is 3.79 Å². The van der Waals surface area contributed by atoms with Crippen molar-refractivity contribution < 1.29 is 0 Å². The van der Waals surface area contributed by atoms with Crippen molar-refractivity contribution in [2.45, 2.75) is 3.79 Å². The zero-order valence-corrected chi connectivity index (χ0v) is 4.61. The number of hydrogen-bond donors (Lipinski definition) is 0. The number of halogens is 3. The van der Waals surface area contributed by atoms with Gasteiger partial charge < -0.3 is 0 Å². The maximum absolute atomic E-state index is 4.95. The number of hydrogen-bond acceptors (Lipinski definition) is 0. The molecule has 0 bridgehead atoms. The summed E-state index contributed by atoms with van der Waals surface area (Å²) in [6.07, 6.45) is 0.